The molecule has 0 aliphatic heterocycles. The Kier molecular flexibility index (Phi) is 7.90. The van der Waals surface area contributed by atoms with Crippen molar-refractivity contribution in [3.8, 4) is 0 Å². The molecule has 2 atom stereocenters. The Labute approximate surface area is 92.0 Å². The summed E-state index contributed by atoms with van der Waals surface area (Å²) in [6.07, 6.45) is -0.552. The lowest BCUT2D eigenvalue weighted by molar-refractivity contribution is -0.143. The van der Waals surface area contributed by atoms with Crippen molar-refractivity contribution in [2.75, 3.05) is 28.4 Å². The van der Waals surface area contributed by atoms with E-state index in [1.165, 1.54) is 0 Å². The third kappa shape index (κ3) is 4.90. The van der Waals surface area contributed by atoms with Gasteiger partial charge in [0.1, 0.15) is 0 Å². The molecule has 0 rings (SSSR count). The quantitative estimate of drug-likeness (QED) is 0.608. The van der Waals surface area contributed by atoms with Gasteiger partial charge in [0.15, 0.2) is 12.6 Å². The summed E-state index contributed by atoms with van der Waals surface area (Å²) in [6.45, 7) is 3.97. The van der Waals surface area contributed by atoms with E-state index in [2.05, 4.69) is 5.32 Å². The fourth-order valence-corrected chi connectivity index (χ4v) is 1.58. The highest BCUT2D eigenvalue weighted by Crippen LogP contribution is 2.04. The molecule has 15 heavy (non-hydrogen) atoms. The number of methoxy groups -OCH3 is 4. The second-order valence-corrected chi connectivity index (χ2v) is 3.42. The van der Waals surface area contributed by atoms with Crippen LogP contribution in [0.4, 0.5) is 0 Å². The van der Waals surface area contributed by atoms with Crippen LogP contribution in [0.25, 0.3) is 0 Å². The van der Waals surface area contributed by atoms with E-state index >= 15 is 0 Å². The van der Waals surface area contributed by atoms with Gasteiger partial charge in [0.05, 0.1) is 12.1 Å². The number of rotatable bonds is 8. The maximum atomic E-state index is 5.14. The second-order valence-electron chi connectivity index (χ2n) is 3.42. The van der Waals surface area contributed by atoms with Gasteiger partial charge in [-0.15, -0.1) is 0 Å². The van der Waals surface area contributed by atoms with Crippen LogP contribution in [0, 0.1) is 0 Å². The smallest absolute Gasteiger partial charge is 0.171 e. The molecule has 0 saturated heterocycles. The van der Waals surface area contributed by atoms with E-state index in [0.29, 0.717) is 0 Å². The first-order valence-corrected chi connectivity index (χ1v) is 4.97. The Hall–Kier alpha value is -0.200. The highest BCUT2D eigenvalue weighted by molar-refractivity contribution is 4.72. The average molecular weight is 221 g/mol. The predicted octanol–water partition coefficient (Wildman–Crippen LogP) is 0.591. The van der Waals surface area contributed by atoms with E-state index in [9.17, 15) is 0 Å². The fraction of sp³-hybridized carbons (Fsp3) is 1.00. The Balaban J connectivity index is 4.08. The van der Waals surface area contributed by atoms with Gasteiger partial charge in [-0.25, -0.2) is 0 Å². The van der Waals surface area contributed by atoms with Crippen molar-refractivity contribution in [2.45, 2.75) is 38.5 Å². The van der Waals surface area contributed by atoms with Gasteiger partial charge in [-0.2, -0.15) is 0 Å². The number of nitrogens with one attached hydrogen (secondary N) is 1. The van der Waals surface area contributed by atoms with Crippen molar-refractivity contribution in [1.29, 1.82) is 0 Å². The van der Waals surface area contributed by atoms with Gasteiger partial charge in [-0.3, -0.25) is 0 Å². The zero-order valence-corrected chi connectivity index (χ0v) is 10.4. The van der Waals surface area contributed by atoms with Crippen LogP contribution in [0.3, 0.4) is 0 Å². The lowest BCUT2D eigenvalue weighted by atomic mass is 10.2. The van der Waals surface area contributed by atoms with E-state index in [1.54, 1.807) is 28.4 Å². The third-order valence-corrected chi connectivity index (χ3v) is 2.27. The van der Waals surface area contributed by atoms with E-state index in [0.717, 1.165) is 0 Å². The molecule has 92 valence electrons. The minimum atomic E-state index is -0.276. The van der Waals surface area contributed by atoms with Crippen LogP contribution < -0.4 is 5.32 Å². The summed E-state index contributed by atoms with van der Waals surface area (Å²) in [5.74, 6) is 0. The van der Waals surface area contributed by atoms with Gasteiger partial charge in [0.2, 0.25) is 0 Å². The molecule has 0 aromatic rings. The first-order chi connectivity index (χ1) is 7.10. The van der Waals surface area contributed by atoms with E-state index in [-0.39, 0.29) is 24.7 Å². The largest absolute Gasteiger partial charge is 0.354 e. The lowest BCUT2D eigenvalue weighted by Gasteiger charge is -2.29. The Morgan fingerprint density at radius 3 is 1.13 bits per heavy atom. The molecule has 0 radical (unpaired) electrons. The van der Waals surface area contributed by atoms with E-state index in [4.69, 9.17) is 18.9 Å². The van der Waals surface area contributed by atoms with Crippen molar-refractivity contribution in [3.05, 3.63) is 0 Å². The summed E-state index contributed by atoms with van der Waals surface area (Å²) < 4.78 is 20.6. The van der Waals surface area contributed by atoms with E-state index < -0.39 is 0 Å². The van der Waals surface area contributed by atoms with Crippen LogP contribution in [-0.2, 0) is 18.9 Å². The minimum Gasteiger partial charge on any atom is -0.354 e. The van der Waals surface area contributed by atoms with Crippen LogP contribution in [-0.4, -0.2) is 53.1 Å². The minimum absolute atomic E-state index is 0.0581. The molecule has 0 aliphatic rings. The first kappa shape index (κ1) is 14.8. The summed E-state index contributed by atoms with van der Waals surface area (Å²) in [7, 11) is 6.45. The number of hydrogen-bond acceptors (Lipinski definition) is 5. The Morgan fingerprint density at radius 1 is 0.667 bits per heavy atom. The van der Waals surface area contributed by atoms with Gasteiger partial charge in [-0.05, 0) is 13.8 Å². The zero-order chi connectivity index (χ0) is 11.8. The van der Waals surface area contributed by atoms with Crippen LogP contribution >= 0.6 is 0 Å². The van der Waals surface area contributed by atoms with E-state index in [1.807, 2.05) is 13.8 Å². The van der Waals surface area contributed by atoms with Crippen molar-refractivity contribution in [1.82, 2.24) is 5.32 Å². The highest BCUT2D eigenvalue weighted by atomic mass is 16.7. The molecular weight excluding hydrogens is 198 g/mol. The average Bonchev–Trinajstić information content (AvgIpc) is 2.21. The molecule has 0 aliphatic carbocycles. The molecule has 0 saturated carbocycles. The molecule has 5 heteroatoms. The zero-order valence-electron chi connectivity index (χ0n) is 10.4. The van der Waals surface area contributed by atoms with Crippen molar-refractivity contribution >= 4 is 0 Å². The van der Waals surface area contributed by atoms with Crippen molar-refractivity contribution in [3.63, 3.8) is 0 Å². The monoisotopic (exact) mass is 221 g/mol. The molecule has 0 bridgehead atoms. The SMILES string of the molecule is COC(OC)C(C)NC(C)C(OC)OC. The van der Waals surface area contributed by atoms with Gasteiger partial charge in [-0.1, -0.05) is 0 Å². The van der Waals surface area contributed by atoms with Crippen LogP contribution in [0.2, 0.25) is 0 Å². The number of hydrogen-bond donors (Lipinski definition) is 1. The molecule has 1 N–H and O–H groups in total. The second kappa shape index (κ2) is 8.01. The molecule has 5 nitrogen and oxygen atoms in total. The van der Waals surface area contributed by atoms with Crippen LogP contribution in [0.1, 0.15) is 13.8 Å². The maximum absolute atomic E-state index is 5.14. The Morgan fingerprint density at radius 2 is 0.933 bits per heavy atom. The van der Waals surface area contributed by atoms with Gasteiger partial charge >= 0.3 is 0 Å². The molecular formula is C10H23NO4. The summed E-state index contributed by atoms with van der Waals surface area (Å²) in [5, 5.41) is 3.28. The first-order valence-electron chi connectivity index (χ1n) is 4.97. The number of ether oxygens (including phenoxy) is 4. The van der Waals surface area contributed by atoms with Crippen molar-refractivity contribution < 1.29 is 18.9 Å². The summed E-state index contributed by atoms with van der Waals surface area (Å²) in [5.41, 5.74) is 0. The van der Waals surface area contributed by atoms with Crippen LogP contribution in [0.15, 0.2) is 0 Å². The van der Waals surface area contributed by atoms with Gasteiger partial charge in [0, 0.05) is 28.4 Å². The molecule has 0 spiro atoms. The summed E-state index contributed by atoms with van der Waals surface area (Å²) >= 11 is 0. The van der Waals surface area contributed by atoms with Crippen molar-refractivity contribution in [2.24, 2.45) is 0 Å². The molecule has 0 aromatic heterocycles. The van der Waals surface area contributed by atoms with Gasteiger partial charge < -0.3 is 24.3 Å². The molecule has 0 amide bonds. The van der Waals surface area contributed by atoms with Crippen LogP contribution in [0.5, 0.6) is 0 Å². The van der Waals surface area contributed by atoms with Gasteiger partial charge in [0.25, 0.3) is 0 Å². The maximum Gasteiger partial charge on any atom is 0.171 e. The lowest BCUT2D eigenvalue weighted by Crippen LogP contribution is -2.49. The third-order valence-electron chi connectivity index (χ3n) is 2.27. The molecule has 0 aromatic carbocycles. The summed E-state index contributed by atoms with van der Waals surface area (Å²) in [6, 6.07) is 0.116. The Bertz CT molecular complexity index is 132. The normalized spacial score (nSPS) is 16.0. The summed E-state index contributed by atoms with van der Waals surface area (Å²) in [4.78, 5) is 0. The standard InChI is InChI=1S/C10H23NO4/c1-7(9(12-3)13-4)11-8(2)10(14-5)15-6/h7-11H,1-6H3. The molecule has 0 fully saturated rings. The topological polar surface area (TPSA) is 49.0 Å². The molecule has 0 heterocycles. The fourth-order valence-electron chi connectivity index (χ4n) is 1.58. The predicted molar refractivity (Wildman–Crippen MR) is 57.7 cm³/mol. The highest BCUT2D eigenvalue weighted by Gasteiger charge is 2.22. The molecule has 2 unspecified atom stereocenters.